The average molecular weight is 590 g/mol. The molecule has 8 aromatic rings. The van der Waals surface area contributed by atoms with Crippen molar-refractivity contribution >= 4 is 32.3 Å². The van der Waals surface area contributed by atoms with E-state index in [1.165, 1.54) is 99.1 Å². The van der Waals surface area contributed by atoms with Gasteiger partial charge in [0, 0.05) is 12.4 Å². The molecule has 0 spiro atoms. The lowest BCUT2D eigenvalue weighted by atomic mass is 9.83. The van der Waals surface area contributed by atoms with Gasteiger partial charge >= 0.3 is 0 Å². The minimum absolute atomic E-state index is 1.18. The summed E-state index contributed by atoms with van der Waals surface area (Å²) in [4.78, 5) is 4.29. The Morgan fingerprint density at radius 3 is 1.39 bits per heavy atom. The van der Waals surface area contributed by atoms with Crippen LogP contribution in [0.4, 0.5) is 0 Å². The summed E-state index contributed by atoms with van der Waals surface area (Å²) in [6.07, 6.45) is 3.80. The number of hydrogen-bond donors (Lipinski definition) is 0. The molecule has 0 saturated carbocycles. The van der Waals surface area contributed by atoms with Gasteiger partial charge in [0.15, 0.2) is 0 Å². The summed E-state index contributed by atoms with van der Waals surface area (Å²) in [5.74, 6) is 0. The molecule has 0 fully saturated rings. The topological polar surface area (TPSA) is 12.9 Å². The normalized spacial score (nSPS) is 11.5. The molecule has 1 aromatic heterocycles. The minimum Gasteiger partial charge on any atom is -0.264 e. The standard InChI is InChI=1S/C45H35N/c1-28-25-29(2)43(30(3)26-28)37-17-9-16-36-35(37)15-10-18-38(36)45-41-13-7-5-11-39(41)44(40-12-6-8-14-42(40)45)33-21-19-32(20-22-33)34-23-24-46-27-31(34)4/h5-27H,1-4H3. The van der Waals surface area contributed by atoms with Gasteiger partial charge in [-0.2, -0.15) is 0 Å². The third kappa shape index (κ3) is 4.51. The molecule has 220 valence electrons. The van der Waals surface area contributed by atoms with Gasteiger partial charge in [0.2, 0.25) is 0 Å². The maximum Gasteiger partial charge on any atom is 0.0303 e. The number of benzene rings is 7. The molecule has 46 heavy (non-hydrogen) atoms. The zero-order valence-electron chi connectivity index (χ0n) is 26.7. The van der Waals surface area contributed by atoms with Gasteiger partial charge in [-0.05, 0) is 127 Å². The smallest absolute Gasteiger partial charge is 0.0303 e. The quantitative estimate of drug-likeness (QED) is 0.186. The van der Waals surface area contributed by atoms with Crippen molar-refractivity contribution in [1.29, 1.82) is 0 Å². The molecule has 0 radical (unpaired) electrons. The summed E-state index contributed by atoms with van der Waals surface area (Å²) in [7, 11) is 0. The fourth-order valence-electron chi connectivity index (χ4n) is 7.69. The Morgan fingerprint density at radius 2 is 0.848 bits per heavy atom. The van der Waals surface area contributed by atoms with Gasteiger partial charge in [-0.15, -0.1) is 0 Å². The molecule has 0 amide bonds. The molecule has 0 saturated heterocycles. The van der Waals surface area contributed by atoms with E-state index in [1.807, 2.05) is 12.4 Å². The van der Waals surface area contributed by atoms with E-state index < -0.39 is 0 Å². The Hall–Kier alpha value is -5.53. The van der Waals surface area contributed by atoms with Crippen LogP contribution in [0.2, 0.25) is 0 Å². The lowest BCUT2D eigenvalue weighted by Crippen LogP contribution is -1.94. The molecule has 8 rings (SSSR count). The zero-order chi connectivity index (χ0) is 31.4. The van der Waals surface area contributed by atoms with Crippen molar-refractivity contribution < 1.29 is 0 Å². The van der Waals surface area contributed by atoms with Gasteiger partial charge in [0.05, 0.1) is 0 Å². The van der Waals surface area contributed by atoms with Gasteiger partial charge in [-0.3, -0.25) is 4.98 Å². The number of rotatable bonds is 4. The highest BCUT2D eigenvalue weighted by Gasteiger charge is 2.19. The molecule has 0 N–H and O–H groups in total. The molecule has 0 unspecified atom stereocenters. The SMILES string of the molecule is Cc1cc(C)c(-c2cccc3c(-c4c5ccccc5c(-c5ccc(-c6ccncc6C)cc5)c5ccccc45)cccc23)c(C)c1. The number of pyridine rings is 1. The first-order valence-electron chi connectivity index (χ1n) is 16.0. The summed E-state index contributed by atoms with van der Waals surface area (Å²) in [5.41, 5.74) is 15.2. The second-order valence-electron chi connectivity index (χ2n) is 12.6. The zero-order valence-corrected chi connectivity index (χ0v) is 26.7. The Labute approximate surface area is 270 Å². The molecule has 1 heteroatoms. The highest BCUT2D eigenvalue weighted by molar-refractivity contribution is 6.24. The van der Waals surface area contributed by atoms with Crippen molar-refractivity contribution in [2.24, 2.45) is 0 Å². The summed E-state index contributed by atoms with van der Waals surface area (Å²) in [6.45, 7) is 8.78. The van der Waals surface area contributed by atoms with Crippen molar-refractivity contribution in [3.05, 3.63) is 162 Å². The Kier molecular flexibility index (Phi) is 6.76. The van der Waals surface area contributed by atoms with Crippen molar-refractivity contribution in [2.45, 2.75) is 27.7 Å². The highest BCUT2D eigenvalue weighted by Crippen LogP contribution is 2.46. The third-order valence-electron chi connectivity index (χ3n) is 9.57. The number of nitrogens with zero attached hydrogens (tertiary/aromatic N) is 1. The lowest BCUT2D eigenvalue weighted by Gasteiger charge is -2.20. The van der Waals surface area contributed by atoms with E-state index in [1.54, 1.807) is 0 Å². The number of fused-ring (bicyclic) bond motifs is 3. The average Bonchev–Trinajstić information content (AvgIpc) is 3.07. The summed E-state index contributed by atoms with van der Waals surface area (Å²) in [6, 6.07) is 47.2. The molecule has 0 aliphatic rings. The molecule has 7 aromatic carbocycles. The molecule has 0 bridgehead atoms. The Morgan fingerprint density at radius 1 is 0.370 bits per heavy atom. The van der Waals surface area contributed by atoms with Gasteiger partial charge in [-0.25, -0.2) is 0 Å². The molecule has 0 aliphatic heterocycles. The number of hydrogen-bond acceptors (Lipinski definition) is 1. The largest absolute Gasteiger partial charge is 0.264 e. The van der Waals surface area contributed by atoms with Crippen LogP contribution in [0, 0.1) is 27.7 Å². The Balaban J connectivity index is 1.39. The van der Waals surface area contributed by atoms with E-state index in [0.717, 1.165) is 0 Å². The van der Waals surface area contributed by atoms with E-state index in [4.69, 9.17) is 0 Å². The molecule has 1 heterocycles. The predicted molar refractivity (Wildman–Crippen MR) is 197 cm³/mol. The van der Waals surface area contributed by atoms with E-state index in [-0.39, 0.29) is 0 Å². The number of aromatic nitrogens is 1. The van der Waals surface area contributed by atoms with Crippen LogP contribution in [0.25, 0.3) is 76.8 Å². The van der Waals surface area contributed by atoms with E-state index in [2.05, 4.69) is 160 Å². The molecule has 0 aliphatic carbocycles. The first-order chi connectivity index (χ1) is 22.5. The van der Waals surface area contributed by atoms with Crippen LogP contribution in [-0.2, 0) is 0 Å². The number of aryl methyl sites for hydroxylation is 4. The van der Waals surface area contributed by atoms with Crippen LogP contribution in [0.15, 0.2) is 140 Å². The van der Waals surface area contributed by atoms with Crippen LogP contribution in [0.5, 0.6) is 0 Å². The van der Waals surface area contributed by atoms with Crippen molar-refractivity contribution in [3.63, 3.8) is 0 Å². The summed E-state index contributed by atoms with van der Waals surface area (Å²) < 4.78 is 0. The third-order valence-corrected chi connectivity index (χ3v) is 9.57. The van der Waals surface area contributed by atoms with Crippen molar-refractivity contribution in [3.8, 4) is 44.5 Å². The monoisotopic (exact) mass is 589 g/mol. The van der Waals surface area contributed by atoms with Crippen molar-refractivity contribution in [1.82, 2.24) is 4.98 Å². The second-order valence-corrected chi connectivity index (χ2v) is 12.6. The maximum absolute atomic E-state index is 4.29. The minimum atomic E-state index is 1.18. The van der Waals surface area contributed by atoms with Gasteiger partial charge < -0.3 is 0 Å². The van der Waals surface area contributed by atoms with E-state index >= 15 is 0 Å². The van der Waals surface area contributed by atoms with Crippen LogP contribution in [0.1, 0.15) is 22.3 Å². The fourth-order valence-corrected chi connectivity index (χ4v) is 7.69. The second kappa shape index (κ2) is 11.1. The lowest BCUT2D eigenvalue weighted by molar-refractivity contribution is 1.27. The van der Waals surface area contributed by atoms with Crippen molar-refractivity contribution in [2.75, 3.05) is 0 Å². The van der Waals surface area contributed by atoms with E-state index in [9.17, 15) is 0 Å². The van der Waals surface area contributed by atoms with Crippen LogP contribution in [0.3, 0.4) is 0 Å². The maximum atomic E-state index is 4.29. The first-order valence-corrected chi connectivity index (χ1v) is 16.0. The molecular weight excluding hydrogens is 555 g/mol. The predicted octanol–water partition coefficient (Wildman–Crippen LogP) is 12.4. The molecular formula is C45H35N. The van der Waals surface area contributed by atoms with Crippen LogP contribution < -0.4 is 0 Å². The summed E-state index contributed by atoms with van der Waals surface area (Å²) in [5, 5.41) is 7.63. The van der Waals surface area contributed by atoms with Gasteiger partial charge in [0.25, 0.3) is 0 Å². The summed E-state index contributed by atoms with van der Waals surface area (Å²) >= 11 is 0. The fraction of sp³-hybridized carbons (Fsp3) is 0.0889. The van der Waals surface area contributed by atoms with Crippen LogP contribution >= 0.6 is 0 Å². The van der Waals surface area contributed by atoms with Gasteiger partial charge in [-0.1, -0.05) is 127 Å². The van der Waals surface area contributed by atoms with E-state index in [0.29, 0.717) is 0 Å². The Bertz CT molecular complexity index is 2370. The first kappa shape index (κ1) is 28.0. The molecule has 0 atom stereocenters. The highest BCUT2D eigenvalue weighted by atomic mass is 14.6. The van der Waals surface area contributed by atoms with Crippen LogP contribution in [-0.4, -0.2) is 4.98 Å². The molecule has 1 nitrogen and oxygen atoms in total. The van der Waals surface area contributed by atoms with Gasteiger partial charge in [0.1, 0.15) is 0 Å².